The van der Waals surface area contributed by atoms with E-state index in [1.165, 1.54) is 18.2 Å². The molecule has 0 heterocycles. The zero-order chi connectivity index (χ0) is 19.3. The molecule has 0 aliphatic carbocycles. The van der Waals surface area contributed by atoms with Crippen molar-refractivity contribution in [1.29, 1.82) is 0 Å². The molecular formula is C21H24O5. The van der Waals surface area contributed by atoms with Crippen LogP contribution in [0.3, 0.4) is 0 Å². The summed E-state index contributed by atoms with van der Waals surface area (Å²) in [5, 5.41) is 9.52. The molecule has 5 heteroatoms. The molecule has 2 aromatic rings. The van der Waals surface area contributed by atoms with Crippen molar-refractivity contribution in [3.63, 3.8) is 0 Å². The number of benzene rings is 2. The second-order valence-electron chi connectivity index (χ2n) is 6.71. The summed E-state index contributed by atoms with van der Waals surface area (Å²) in [4.78, 5) is 12.3. The van der Waals surface area contributed by atoms with Gasteiger partial charge in [-0.05, 0) is 51.1 Å². The molecule has 0 aliphatic rings. The van der Waals surface area contributed by atoms with Crippen molar-refractivity contribution in [2.24, 2.45) is 0 Å². The highest BCUT2D eigenvalue weighted by atomic mass is 16.5. The molecule has 0 amide bonds. The number of phenolic OH excluding ortho intramolecular Hbond substituents is 1. The number of ketones is 1. The Labute approximate surface area is 153 Å². The molecule has 0 aliphatic heterocycles. The Morgan fingerprint density at radius 2 is 1.65 bits per heavy atom. The van der Waals surface area contributed by atoms with Gasteiger partial charge in [0.15, 0.2) is 17.3 Å². The van der Waals surface area contributed by atoms with E-state index in [-0.39, 0.29) is 11.5 Å². The van der Waals surface area contributed by atoms with E-state index in [1.54, 1.807) is 44.6 Å². The number of ether oxygens (including phenoxy) is 3. The van der Waals surface area contributed by atoms with Crippen LogP contribution in [0, 0.1) is 0 Å². The summed E-state index contributed by atoms with van der Waals surface area (Å²) in [6.45, 7) is 5.82. The van der Waals surface area contributed by atoms with Crippen molar-refractivity contribution < 1.29 is 24.1 Å². The minimum atomic E-state index is -0.419. The van der Waals surface area contributed by atoms with E-state index in [2.05, 4.69) is 0 Å². The third-order valence-electron chi connectivity index (χ3n) is 3.48. The van der Waals surface area contributed by atoms with E-state index in [0.29, 0.717) is 28.4 Å². The van der Waals surface area contributed by atoms with Crippen LogP contribution in [-0.2, 0) is 0 Å². The highest BCUT2D eigenvalue weighted by Gasteiger charge is 2.17. The third-order valence-corrected chi connectivity index (χ3v) is 3.48. The van der Waals surface area contributed by atoms with E-state index in [0.717, 1.165) is 0 Å². The minimum absolute atomic E-state index is 0.0483. The molecule has 0 spiro atoms. The summed E-state index contributed by atoms with van der Waals surface area (Å²) in [6.07, 6.45) is 3.10. The molecule has 138 valence electrons. The maximum Gasteiger partial charge on any atom is 0.185 e. The normalized spacial score (nSPS) is 11.4. The summed E-state index contributed by atoms with van der Waals surface area (Å²) in [5.41, 5.74) is 0.670. The van der Waals surface area contributed by atoms with Crippen LogP contribution in [-0.4, -0.2) is 30.7 Å². The summed E-state index contributed by atoms with van der Waals surface area (Å²) in [7, 11) is 3.10. The first-order valence-corrected chi connectivity index (χ1v) is 8.20. The lowest BCUT2D eigenvalue weighted by Crippen LogP contribution is -2.23. The minimum Gasteiger partial charge on any atom is -0.508 e. The number of methoxy groups -OCH3 is 2. The third kappa shape index (κ3) is 5.02. The Balaban J connectivity index is 2.41. The molecule has 0 saturated heterocycles. The molecule has 2 rings (SSSR count). The van der Waals surface area contributed by atoms with Crippen LogP contribution < -0.4 is 14.2 Å². The highest BCUT2D eigenvalue weighted by molar-refractivity contribution is 6.07. The summed E-state index contributed by atoms with van der Waals surface area (Å²) < 4.78 is 16.7. The van der Waals surface area contributed by atoms with Crippen molar-refractivity contribution in [1.82, 2.24) is 0 Å². The van der Waals surface area contributed by atoms with E-state index in [1.807, 2.05) is 20.8 Å². The number of aromatic hydroxyl groups is 1. The molecule has 26 heavy (non-hydrogen) atoms. The Bertz CT molecular complexity index is 816. The van der Waals surface area contributed by atoms with E-state index in [9.17, 15) is 9.90 Å². The monoisotopic (exact) mass is 356 g/mol. The van der Waals surface area contributed by atoms with Crippen LogP contribution >= 0.6 is 0 Å². The molecule has 5 nitrogen and oxygen atoms in total. The molecule has 0 bridgehead atoms. The van der Waals surface area contributed by atoms with Crippen LogP contribution in [0.5, 0.6) is 23.0 Å². The van der Waals surface area contributed by atoms with Gasteiger partial charge in [0, 0.05) is 17.2 Å². The predicted octanol–water partition coefficient (Wildman–Crippen LogP) is 4.48. The molecule has 0 atom stereocenters. The first-order valence-electron chi connectivity index (χ1n) is 8.20. The zero-order valence-electron chi connectivity index (χ0n) is 15.7. The first kappa shape index (κ1) is 19.4. The number of carbonyl (C=O) groups excluding carboxylic acids is 1. The molecule has 0 radical (unpaired) electrons. The van der Waals surface area contributed by atoms with Crippen molar-refractivity contribution in [3.8, 4) is 23.0 Å². The van der Waals surface area contributed by atoms with Crippen molar-refractivity contribution in [2.75, 3.05) is 14.2 Å². The van der Waals surface area contributed by atoms with Gasteiger partial charge in [-0.25, -0.2) is 0 Å². The second-order valence-corrected chi connectivity index (χ2v) is 6.71. The Hall–Kier alpha value is -2.95. The number of rotatable bonds is 6. The van der Waals surface area contributed by atoms with Gasteiger partial charge in [-0.1, -0.05) is 12.1 Å². The lowest BCUT2D eigenvalue weighted by Gasteiger charge is -2.23. The fraction of sp³-hybridized carbons (Fsp3) is 0.286. The quantitative estimate of drug-likeness (QED) is 0.610. The largest absolute Gasteiger partial charge is 0.508 e. The topological polar surface area (TPSA) is 65.0 Å². The number of hydrogen-bond acceptors (Lipinski definition) is 5. The standard InChI is InChI=1S/C21H24O5/c1-21(2,3)26-18-13-20(25-5)19(24-4)12-15(18)9-10-17(23)14-7-6-8-16(22)11-14/h6-13,22H,1-5H3/b10-9+. The lowest BCUT2D eigenvalue weighted by atomic mass is 10.1. The van der Waals surface area contributed by atoms with Gasteiger partial charge in [-0.2, -0.15) is 0 Å². The van der Waals surface area contributed by atoms with Crippen molar-refractivity contribution >= 4 is 11.9 Å². The molecule has 2 aromatic carbocycles. The van der Waals surface area contributed by atoms with Crippen molar-refractivity contribution in [2.45, 2.75) is 26.4 Å². The van der Waals surface area contributed by atoms with Crippen LogP contribution in [0.25, 0.3) is 6.08 Å². The number of carbonyl (C=O) groups is 1. The molecule has 0 aromatic heterocycles. The Kier molecular flexibility index (Phi) is 5.93. The van der Waals surface area contributed by atoms with Gasteiger partial charge in [-0.3, -0.25) is 4.79 Å². The van der Waals surface area contributed by atoms with Gasteiger partial charge in [0.2, 0.25) is 0 Å². The van der Waals surface area contributed by atoms with Crippen LogP contribution in [0.15, 0.2) is 42.5 Å². The van der Waals surface area contributed by atoms with Crippen LogP contribution in [0.1, 0.15) is 36.7 Å². The van der Waals surface area contributed by atoms with Gasteiger partial charge in [0.05, 0.1) is 14.2 Å². The SMILES string of the molecule is COc1cc(/C=C/C(=O)c2cccc(O)c2)c(OC(C)(C)C)cc1OC. The summed E-state index contributed by atoms with van der Waals surface area (Å²) in [5.74, 6) is 1.49. The Morgan fingerprint density at radius 1 is 1.00 bits per heavy atom. The number of phenols is 1. The first-order chi connectivity index (χ1) is 12.2. The molecular weight excluding hydrogens is 332 g/mol. The average molecular weight is 356 g/mol. The molecule has 0 fully saturated rings. The van der Waals surface area contributed by atoms with E-state index in [4.69, 9.17) is 14.2 Å². The summed E-state index contributed by atoms with van der Waals surface area (Å²) in [6, 6.07) is 9.71. The molecule has 0 saturated carbocycles. The van der Waals surface area contributed by atoms with Gasteiger partial charge in [0.1, 0.15) is 17.1 Å². The maximum absolute atomic E-state index is 12.3. The molecule has 1 N–H and O–H groups in total. The average Bonchev–Trinajstić information content (AvgIpc) is 2.58. The number of hydrogen-bond donors (Lipinski definition) is 1. The fourth-order valence-electron chi connectivity index (χ4n) is 2.35. The second kappa shape index (κ2) is 7.95. The van der Waals surface area contributed by atoms with Gasteiger partial charge >= 0.3 is 0 Å². The van der Waals surface area contributed by atoms with Gasteiger partial charge in [-0.15, -0.1) is 0 Å². The van der Waals surface area contributed by atoms with Gasteiger partial charge in [0.25, 0.3) is 0 Å². The predicted molar refractivity (Wildman–Crippen MR) is 101 cm³/mol. The molecule has 0 unspecified atom stereocenters. The lowest BCUT2D eigenvalue weighted by molar-refractivity contribution is 0.104. The highest BCUT2D eigenvalue weighted by Crippen LogP contribution is 2.37. The smallest absolute Gasteiger partial charge is 0.185 e. The van der Waals surface area contributed by atoms with Crippen LogP contribution in [0.2, 0.25) is 0 Å². The van der Waals surface area contributed by atoms with E-state index >= 15 is 0 Å². The Morgan fingerprint density at radius 3 is 2.23 bits per heavy atom. The summed E-state index contributed by atoms with van der Waals surface area (Å²) >= 11 is 0. The maximum atomic E-state index is 12.3. The fourth-order valence-corrected chi connectivity index (χ4v) is 2.35. The van der Waals surface area contributed by atoms with E-state index < -0.39 is 5.60 Å². The van der Waals surface area contributed by atoms with Crippen molar-refractivity contribution in [3.05, 3.63) is 53.6 Å². The van der Waals surface area contributed by atoms with Crippen LogP contribution in [0.4, 0.5) is 0 Å². The zero-order valence-corrected chi connectivity index (χ0v) is 15.7. The van der Waals surface area contributed by atoms with Gasteiger partial charge < -0.3 is 19.3 Å². The number of allylic oxidation sites excluding steroid dienone is 1.